The van der Waals surface area contributed by atoms with E-state index < -0.39 is 54.4 Å². The number of rotatable bonds is 15. The fourth-order valence-corrected chi connectivity index (χ4v) is 21.1. The molecule has 15 nitrogen and oxygen atoms in total. The lowest BCUT2D eigenvalue weighted by Gasteiger charge is -2.14. The lowest BCUT2D eigenvalue weighted by Crippen LogP contribution is -2.06. The lowest BCUT2D eigenvalue weighted by molar-refractivity contribution is 0.953. The van der Waals surface area contributed by atoms with Crippen molar-refractivity contribution in [3.8, 4) is 137 Å². The first-order chi connectivity index (χ1) is 80.6. The molecule has 0 bridgehead atoms. The van der Waals surface area contributed by atoms with Crippen LogP contribution in [0.4, 0.5) is 0 Å². The van der Waals surface area contributed by atoms with Crippen molar-refractivity contribution in [2.45, 2.75) is 0 Å². The molecule has 0 unspecified atom stereocenters. The molecule has 30 aromatic rings. The second-order valence-corrected chi connectivity index (χ2v) is 36.4. The zero-order valence-electron chi connectivity index (χ0n) is 94.8. The van der Waals surface area contributed by atoms with E-state index in [0.29, 0.717) is 34.2 Å². The summed E-state index contributed by atoms with van der Waals surface area (Å²) in [5, 5.41) is 12.6. The van der Waals surface area contributed by atoms with Crippen molar-refractivity contribution in [3.63, 3.8) is 0 Å². The Morgan fingerprint density at radius 1 is 0.140 bits per heavy atom. The molecule has 702 valence electrons. The van der Waals surface area contributed by atoms with Gasteiger partial charge in [-0.2, -0.15) is 29.9 Å². The molecule has 9 heterocycles. The van der Waals surface area contributed by atoms with Gasteiger partial charge in [0.15, 0.2) is 34.9 Å². The van der Waals surface area contributed by atoms with Crippen LogP contribution in [0.1, 0.15) is 20.6 Å². The zero-order chi connectivity index (χ0) is 112. The highest BCUT2D eigenvalue weighted by Gasteiger charge is 2.28. The molecule has 21 aromatic carbocycles. The largest absolute Gasteiger partial charge is 0.309 e. The van der Waals surface area contributed by atoms with Gasteiger partial charge >= 0.3 is 0 Å². The van der Waals surface area contributed by atoms with Crippen molar-refractivity contribution in [1.82, 2.24) is 72.3 Å². The summed E-state index contributed by atoms with van der Waals surface area (Å²) in [4.78, 5) is 44.0. The standard InChI is InChI=1S/3C45H29N5/c1-4-16-30(17-5-1)33-22-10-13-25-38(33)49-39-26-14-11-23-34(39)36-28-37-35-24-12-15-27-40(35)50(42(37)29-41(36)49)45-47-43(31-18-6-2-7-19-31)46-44(48-45)32-20-8-3-9-21-32;1-4-15-30(16-5-1)33-21-14-22-34(27-33)49-39-25-12-10-23-35(39)37-28-38-36-24-11-13-26-40(36)50(42(38)29-41(37)49)45-47-43(31-17-6-2-7-18-31)46-44(48-45)32-19-8-3-9-20-32;1-4-14-30(15-5-1)31-24-26-34(27-25-31)49-39-22-12-10-20-35(39)37-28-38-36-21-11-13-23-40(36)50(42(38)29-41(37)49)45-47-43(32-16-6-2-7-17-32)46-44(48-45)33-18-8-3-9-19-33/h3*1-29H/i2D,6D,7D,18D,19D;2D,6D,7D,17D,18D;2D,6D,7D,16D,17D. The van der Waals surface area contributed by atoms with E-state index in [2.05, 4.69) is 262 Å². The molecule has 150 heavy (non-hydrogen) atoms. The van der Waals surface area contributed by atoms with E-state index in [1.54, 1.807) is 0 Å². The second kappa shape index (κ2) is 37.0. The van der Waals surface area contributed by atoms with E-state index >= 15 is 0 Å². The molecule has 0 aliphatic heterocycles. The van der Waals surface area contributed by atoms with Crippen LogP contribution in [-0.2, 0) is 0 Å². The molecular formula is C135H87N15. The molecule has 15 heteroatoms. The molecule has 0 saturated carbocycles. The Morgan fingerprint density at radius 2 is 0.387 bits per heavy atom. The summed E-state index contributed by atoms with van der Waals surface area (Å²) in [6.45, 7) is 0. The van der Waals surface area contributed by atoms with Gasteiger partial charge in [-0.1, -0.05) is 424 Å². The Labute approximate surface area is 882 Å². The Morgan fingerprint density at radius 3 is 0.733 bits per heavy atom. The van der Waals surface area contributed by atoms with E-state index in [4.69, 9.17) is 65.4 Å². The maximum atomic E-state index is 8.80. The number of hydrogen-bond acceptors (Lipinski definition) is 9. The summed E-state index contributed by atoms with van der Waals surface area (Å²) >= 11 is 0. The van der Waals surface area contributed by atoms with Gasteiger partial charge in [-0.15, -0.1) is 0 Å². The van der Waals surface area contributed by atoms with Gasteiger partial charge in [0.25, 0.3) is 0 Å². The van der Waals surface area contributed by atoms with E-state index in [1.165, 1.54) is 0 Å². The normalized spacial score (nSPS) is 13.0. The van der Waals surface area contributed by atoms with Gasteiger partial charge in [-0.25, -0.2) is 15.0 Å². The van der Waals surface area contributed by atoms with Crippen molar-refractivity contribution in [2.75, 3.05) is 0 Å². The Balaban J connectivity index is 0.000000116. The van der Waals surface area contributed by atoms with Gasteiger partial charge in [0.2, 0.25) is 17.8 Å². The van der Waals surface area contributed by atoms with Crippen LogP contribution in [0.2, 0.25) is 0 Å². The first kappa shape index (κ1) is 72.7. The molecule has 0 N–H and O–H groups in total. The van der Waals surface area contributed by atoms with Gasteiger partial charge in [-0.05, 0) is 131 Å². The Hall–Kier alpha value is -20.5. The summed E-state index contributed by atoms with van der Waals surface area (Å²) in [6, 6.07) is 141. The summed E-state index contributed by atoms with van der Waals surface area (Å²) in [5.74, 6) is 1.67. The fourth-order valence-electron chi connectivity index (χ4n) is 21.1. The fraction of sp³-hybridized carbons (Fsp3) is 0. The van der Waals surface area contributed by atoms with Crippen molar-refractivity contribution in [3.05, 3.63) is 527 Å². The minimum Gasteiger partial charge on any atom is -0.309 e. The third-order valence-electron chi connectivity index (χ3n) is 27.8. The smallest absolute Gasteiger partial charge is 0.238 e. The van der Waals surface area contributed by atoms with E-state index in [9.17, 15) is 0 Å². The van der Waals surface area contributed by atoms with Crippen LogP contribution in [0, 0.1) is 0 Å². The number of para-hydroxylation sites is 7. The third-order valence-corrected chi connectivity index (χ3v) is 27.8. The topological polar surface area (TPSA) is 146 Å². The predicted molar refractivity (Wildman–Crippen MR) is 614 cm³/mol. The van der Waals surface area contributed by atoms with Gasteiger partial charge < -0.3 is 13.7 Å². The molecule has 0 spiro atoms. The number of aromatic nitrogens is 15. The van der Waals surface area contributed by atoms with E-state index in [1.807, 2.05) is 202 Å². The average Bonchev–Trinajstić information content (AvgIpc) is 1.56. The van der Waals surface area contributed by atoms with Crippen molar-refractivity contribution < 1.29 is 20.6 Å². The van der Waals surface area contributed by atoms with Gasteiger partial charge in [0.05, 0.1) is 92.4 Å². The molecule has 0 saturated heterocycles. The zero-order valence-corrected chi connectivity index (χ0v) is 79.8. The molecule has 0 fully saturated rings. The molecule has 0 atom stereocenters. The van der Waals surface area contributed by atoms with Crippen LogP contribution in [0.5, 0.6) is 0 Å². The molecule has 0 radical (unpaired) electrons. The van der Waals surface area contributed by atoms with Crippen molar-refractivity contribution in [2.24, 2.45) is 0 Å². The number of fused-ring (bicyclic) bond motifs is 18. The van der Waals surface area contributed by atoms with Crippen LogP contribution in [0.15, 0.2) is 527 Å². The molecule has 0 aliphatic rings. The van der Waals surface area contributed by atoms with Gasteiger partial charge in [0, 0.05) is 115 Å². The number of benzene rings is 21. The van der Waals surface area contributed by atoms with Crippen LogP contribution >= 0.6 is 0 Å². The first-order valence-corrected chi connectivity index (χ1v) is 49.2. The molecule has 0 amide bonds. The van der Waals surface area contributed by atoms with Gasteiger partial charge in [-0.3, -0.25) is 13.7 Å². The highest BCUT2D eigenvalue weighted by molar-refractivity contribution is 6.23. The third kappa shape index (κ3) is 15.3. The quantitative estimate of drug-likeness (QED) is 0.0979. The molecule has 30 rings (SSSR count). The summed E-state index contributed by atoms with van der Waals surface area (Å²) < 4.78 is 141. The van der Waals surface area contributed by atoms with E-state index in [0.717, 1.165) is 181 Å². The minimum absolute atomic E-state index is 0.0134. The number of hydrogen-bond donors (Lipinski definition) is 0. The van der Waals surface area contributed by atoms with Crippen LogP contribution in [0.3, 0.4) is 0 Å². The van der Waals surface area contributed by atoms with E-state index in [-0.39, 0.29) is 88.3 Å². The monoisotopic (exact) mass is 1930 g/mol. The maximum absolute atomic E-state index is 8.80. The Kier molecular flexibility index (Phi) is 17.9. The summed E-state index contributed by atoms with van der Waals surface area (Å²) in [7, 11) is 0. The van der Waals surface area contributed by atoms with Crippen molar-refractivity contribution in [1.29, 1.82) is 0 Å². The number of nitrogens with zero attached hydrogens (tertiary/aromatic N) is 15. The highest BCUT2D eigenvalue weighted by atomic mass is 15.2. The summed E-state index contributed by atoms with van der Waals surface area (Å²) in [6.07, 6.45) is 0. The summed E-state index contributed by atoms with van der Waals surface area (Å²) in [5.41, 5.74) is 22.9. The average molecular weight is 1930 g/mol. The highest BCUT2D eigenvalue weighted by Crippen LogP contribution is 2.47. The minimum atomic E-state index is -0.480. The van der Waals surface area contributed by atoms with Crippen molar-refractivity contribution >= 4 is 131 Å². The van der Waals surface area contributed by atoms with Crippen LogP contribution in [0.25, 0.3) is 267 Å². The van der Waals surface area contributed by atoms with Crippen LogP contribution in [-0.4, -0.2) is 72.3 Å². The first-order valence-electron chi connectivity index (χ1n) is 56.7. The Bertz CT molecular complexity index is 11400. The predicted octanol–water partition coefficient (Wildman–Crippen LogP) is 33.2. The van der Waals surface area contributed by atoms with Crippen LogP contribution < -0.4 is 0 Å². The van der Waals surface area contributed by atoms with Gasteiger partial charge in [0.1, 0.15) is 0 Å². The SMILES string of the molecule is [2H]c1c([2H])c([2H])c(-c2nc(-c3ccccc3)nc(-n3c4ccccc4c4cc5c6ccccc6n(-c6ccc(-c7ccccc7)cc6)c5cc43)n2)c([2H])c1[2H].[2H]c1c([2H])c([2H])c(-c2nc(-c3ccccc3)nc(-n3c4ccccc4c4cc5c6ccccc6n(-c6cccc(-c7ccccc7)c6)c5cc43)n2)c([2H])c1[2H].[2H]c1c([2H])c([2H])c(-c2nc(-c3ccccc3)nc(-n3c4ccccc4c4cc5c6ccccc6n(-c6ccccc6-c6ccccc6)c5cc43)n2)c([2H])c1[2H]. The lowest BCUT2D eigenvalue weighted by atomic mass is 10.0. The molecule has 0 aliphatic carbocycles. The molecule has 9 aromatic heterocycles. The second-order valence-electron chi connectivity index (χ2n) is 36.4. The molecular weight excluding hydrogens is 1830 g/mol. The maximum Gasteiger partial charge on any atom is 0.238 e.